The van der Waals surface area contributed by atoms with E-state index in [1.807, 2.05) is 17.8 Å². The van der Waals surface area contributed by atoms with Crippen LogP contribution >= 0.6 is 0 Å². The van der Waals surface area contributed by atoms with Crippen molar-refractivity contribution >= 4 is 0 Å². The first-order valence-electron chi connectivity index (χ1n) is 8.90. The quantitative estimate of drug-likeness (QED) is 0.937. The molecule has 3 rings (SSSR count). The normalized spacial score (nSPS) is 20.3. The third-order valence-electron chi connectivity index (χ3n) is 5.46. The molecule has 2 unspecified atom stereocenters. The summed E-state index contributed by atoms with van der Waals surface area (Å²) in [5.41, 5.74) is 5.49. The highest BCUT2D eigenvalue weighted by molar-refractivity contribution is 5.36. The summed E-state index contributed by atoms with van der Waals surface area (Å²) in [5.74, 6) is 1.04. The largest absolute Gasteiger partial charge is 0.385 e. The van der Waals surface area contributed by atoms with Crippen molar-refractivity contribution in [2.75, 3.05) is 13.1 Å². The number of hydrogen-bond donors (Lipinski definition) is 1. The van der Waals surface area contributed by atoms with Crippen LogP contribution in [0, 0.1) is 26.7 Å². The molecular weight excluding hydrogens is 298 g/mol. The molecule has 1 N–H and O–H groups in total. The van der Waals surface area contributed by atoms with Gasteiger partial charge >= 0.3 is 0 Å². The molecule has 4 heteroatoms. The van der Waals surface area contributed by atoms with Crippen molar-refractivity contribution in [3.63, 3.8) is 0 Å². The van der Waals surface area contributed by atoms with Crippen LogP contribution in [0.25, 0.3) is 0 Å². The van der Waals surface area contributed by atoms with Crippen LogP contribution in [0.4, 0.5) is 0 Å². The van der Waals surface area contributed by atoms with Crippen molar-refractivity contribution < 1.29 is 5.11 Å². The van der Waals surface area contributed by atoms with Crippen molar-refractivity contribution in [2.45, 2.75) is 46.3 Å². The van der Waals surface area contributed by atoms with Gasteiger partial charge in [-0.05, 0) is 62.4 Å². The van der Waals surface area contributed by atoms with Crippen LogP contribution in [0.15, 0.2) is 24.5 Å². The number of aromatic nitrogens is 2. The third kappa shape index (κ3) is 3.55. The molecule has 24 heavy (non-hydrogen) atoms. The van der Waals surface area contributed by atoms with Gasteiger partial charge in [0, 0.05) is 38.4 Å². The zero-order chi connectivity index (χ0) is 17.3. The van der Waals surface area contributed by atoms with Crippen LogP contribution in [0.2, 0.25) is 0 Å². The summed E-state index contributed by atoms with van der Waals surface area (Å²) >= 11 is 0. The molecule has 0 aliphatic carbocycles. The van der Waals surface area contributed by atoms with Crippen LogP contribution in [0.3, 0.4) is 0 Å². The van der Waals surface area contributed by atoms with Crippen LogP contribution in [-0.2, 0) is 13.6 Å². The first-order valence-corrected chi connectivity index (χ1v) is 8.90. The predicted octanol–water partition coefficient (Wildman–Crippen LogP) is 3.29. The van der Waals surface area contributed by atoms with Gasteiger partial charge in [-0.25, -0.2) is 4.98 Å². The van der Waals surface area contributed by atoms with Crippen molar-refractivity contribution in [3.8, 4) is 0 Å². The molecule has 1 saturated heterocycles. The Bertz CT molecular complexity index is 707. The van der Waals surface area contributed by atoms with Crippen molar-refractivity contribution in [3.05, 3.63) is 52.6 Å². The van der Waals surface area contributed by atoms with Crippen LogP contribution < -0.4 is 0 Å². The molecule has 2 aromatic rings. The van der Waals surface area contributed by atoms with E-state index in [-0.39, 0.29) is 5.92 Å². The standard InChI is InChI=1S/C20H29N3O/c1-14-10-16(3)18(11-15(14)2)13-23-8-5-6-17(12-23)19(24)20-21-7-9-22(20)4/h7,9-11,17,19,24H,5-6,8,12-13H2,1-4H3. The molecule has 4 nitrogen and oxygen atoms in total. The van der Waals surface area contributed by atoms with Crippen LogP contribution in [0.1, 0.15) is 47.0 Å². The molecule has 0 amide bonds. The van der Waals surface area contributed by atoms with E-state index >= 15 is 0 Å². The number of hydrogen-bond acceptors (Lipinski definition) is 3. The van der Waals surface area contributed by atoms with Gasteiger partial charge in [-0.15, -0.1) is 0 Å². The van der Waals surface area contributed by atoms with Crippen molar-refractivity contribution in [2.24, 2.45) is 13.0 Å². The predicted molar refractivity (Wildman–Crippen MR) is 96.8 cm³/mol. The van der Waals surface area contributed by atoms with Gasteiger partial charge < -0.3 is 9.67 Å². The number of likely N-dealkylation sites (tertiary alicyclic amines) is 1. The molecule has 2 heterocycles. The summed E-state index contributed by atoms with van der Waals surface area (Å²) in [6, 6.07) is 4.61. The second-order valence-corrected chi connectivity index (χ2v) is 7.34. The summed E-state index contributed by atoms with van der Waals surface area (Å²) in [6.45, 7) is 9.56. The maximum atomic E-state index is 10.7. The zero-order valence-corrected chi connectivity index (χ0v) is 15.3. The van der Waals surface area contributed by atoms with E-state index in [9.17, 15) is 5.11 Å². The molecule has 2 atom stereocenters. The molecule has 0 bridgehead atoms. The Hall–Kier alpha value is -1.65. The number of aryl methyl sites for hydroxylation is 4. The Kier molecular flexibility index (Phi) is 5.07. The number of nitrogens with zero attached hydrogens (tertiary/aromatic N) is 3. The van der Waals surface area contributed by atoms with E-state index in [4.69, 9.17) is 0 Å². The lowest BCUT2D eigenvalue weighted by molar-refractivity contribution is 0.0404. The summed E-state index contributed by atoms with van der Waals surface area (Å²) < 4.78 is 1.93. The average molecular weight is 327 g/mol. The number of benzene rings is 1. The van der Waals surface area contributed by atoms with Crippen molar-refractivity contribution in [1.82, 2.24) is 14.5 Å². The Balaban J connectivity index is 1.70. The number of imidazole rings is 1. The monoisotopic (exact) mass is 327 g/mol. The van der Waals surface area contributed by atoms with Gasteiger partial charge in [-0.1, -0.05) is 12.1 Å². The minimum absolute atomic E-state index is 0.256. The minimum atomic E-state index is -0.478. The molecule has 1 aliphatic rings. The molecule has 0 saturated carbocycles. The molecular formula is C20H29N3O. The van der Waals surface area contributed by atoms with Crippen LogP contribution in [0.5, 0.6) is 0 Å². The number of piperidine rings is 1. The van der Waals surface area contributed by atoms with Gasteiger partial charge in [-0.3, -0.25) is 4.90 Å². The lowest BCUT2D eigenvalue weighted by atomic mass is 9.91. The van der Waals surface area contributed by atoms with E-state index in [1.54, 1.807) is 6.20 Å². The van der Waals surface area contributed by atoms with Gasteiger partial charge in [0.05, 0.1) is 0 Å². The van der Waals surface area contributed by atoms with Gasteiger partial charge in [0.15, 0.2) is 0 Å². The summed E-state index contributed by atoms with van der Waals surface area (Å²) in [7, 11) is 1.95. The lowest BCUT2D eigenvalue weighted by Gasteiger charge is -2.35. The van der Waals surface area contributed by atoms with E-state index < -0.39 is 6.10 Å². The Morgan fingerprint density at radius 3 is 2.67 bits per heavy atom. The minimum Gasteiger partial charge on any atom is -0.385 e. The van der Waals surface area contributed by atoms with E-state index in [2.05, 4.69) is 42.8 Å². The van der Waals surface area contributed by atoms with Gasteiger partial charge in [-0.2, -0.15) is 0 Å². The molecule has 1 aromatic carbocycles. The Morgan fingerprint density at radius 1 is 1.21 bits per heavy atom. The highest BCUT2D eigenvalue weighted by Gasteiger charge is 2.29. The first kappa shape index (κ1) is 17.2. The Labute approximate surface area is 145 Å². The second kappa shape index (κ2) is 7.08. The first-order chi connectivity index (χ1) is 11.5. The highest BCUT2D eigenvalue weighted by atomic mass is 16.3. The summed E-state index contributed by atoms with van der Waals surface area (Å²) in [6.07, 6.45) is 5.38. The van der Waals surface area contributed by atoms with Crippen LogP contribution in [-0.4, -0.2) is 32.6 Å². The molecule has 130 valence electrons. The van der Waals surface area contributed by atoms with Gasteiger partial charge in [0.1, 0.15) is 11.9 Å². The molecule has 1 fully saturated rings. The molecule has 1 aliphatic heterocycles. The summed E-state index contributed by atoms with van der Waals surface area (Å²) in [4.78, 5) is 6.81. The number of rotatable bonds is 4. The summed E-state index contributed by atoms with van der Waals surface area (Å²) in [5, 5.41) is 10.7. The van der Waals surface area contributed by atoms with Gasteiger partial charge in [0.2, 0.25) is 0 Å². The highest BCUT2D eigenvalue weighted by Crippen LogP contribution is 2.30. The topological polar surface area (TPSA) is 41.3 Å². The fraction of sp³-hybridized carbons (Fsp3) is 0.550. The Morgan fingerprint density at radius 2 is 1.96 bits per heavy atom. The SMILES string of the molecule is Cc1cc(C)c(CN2CCCC(C(O)c3nccn3C)C2)cc1C. The molecule has 0 radical (unpaired) electrons. The maximum Gasteiger partial charge on any atom is 0.137 e. The number of aliphatic hydroxyl groups excluding tert-OH is 1. The molecule has 1 aromatic heterocycles. The fourth-order valence-corrected chi connectivity index (χ4v) is 3.80. The van der Waals surface area contributed by atoms with Gasteiger partial charge in [0.25, 0.3) is 0 Å². The smallest absolute Gasteiger partial charge is 0.137 e. The second-order valence-electron chi connectivity index (χ2n) is 7.34. The lowest BCUT2D eigenvalue weighted by Crippen LogP contribution is -2.38. The molecule has 0 spiro atoms. The average Bonchev–Trinajstić information content (AvgIpc) is 2.98. The van der Waals surface area contributed by atoms with E-state index in [0.717, 1.165) is 38.3 Å². The maximum absolute atomic E-state index is 10.7. The van der Waals surface area contributed by atoms with E-state index in [0.29, 0.717) is 0 Å². The van der Waals surface area contributed by atoms with E-state index in [1.165, 1.54) is 22.3 Å². The van der Waals surface area contributed by atoms with Crippen molar-refractivity contribution in [1.29, 1.82) is 0 Å². The third-order valence-corrected chi connectivity index (χ3v) is 5.46. The number of aliphatic hydroxyl groups is 1. The zero-order valence-electron chi connectivity index (χ0n) is 15.3. The fourth-order valence-electron chi connectivity index (χ4n) is 3.80.